The van der Waals surface area contributed by atoms with Crippen molar-refractivity contribution in [3.05, 3.63) is 11.2 Å². The Balaban J connectivity index is 1.95. The molecule has 0 unspecified atom stereocenters. The van der Waals surface area contributed by atoms with Gasteiger partial charge in [-0.15, -0.1) is 11.3 Å². The lowest BCUT2D eigenvalue weighted by molar-refractivity contribution is -0.137. The average Bonchev–Trinajstić information content (AvgIpc) is 2.84. The second-order valence-corrected chi connectivity index (χ2v) is 8.38. The molecule has 2 rings (SSSR count). The number of rotatable bonds is 5. The summed E-state index contributed by atoms with van der Waals surface area (Å²) in [5, 5.41) is 9.40. The molecule has 0 atom stereocenters. The molecule has 0 spiro atoms. The number of carboxylic acid groups (broad SMARTS) is 1. The fraction of sp³-hybridized carbons (Fsp3) is 0.667. The zero-order chi connectivity index (χ0) is 14.8. The standard InChI is InChI=1S/C12H18N2O4S2/c1-9-13-8-12(19-9)20(17,18)14-6-4-10(5-7-14)2-3-11(15)16/h8,10H,2-7H2,1H3,(H,15,16). The number of aryl methyl sites for hydroxylation is 1. The van der Waals surface area contributed by atoms with Gasteiger partial charge in [0.2, 0.25) is 0 Å². The van der Waals surface area contributed by atoms with Crippen molar-refractivity contribution in [1.29, 1.82) is 0 Å². The maximum atomic E-state index is 12.4. The van der Waals surface area contributed by atoms with Crippen molar-refractivity contribution in [1.82, 2.24) is 9.29 Å². The molecule has 112 valence electrons. The molecule has 1 fully saturated rings. The number of hydrogen-bond donors (Lipinski definition) is 1. The highest BCUT2D eigenvalue weighted by Gasteiger charge is 2.30. The van der Waals surface area contributed by atoms with Gasteiger partial charge in [0.1, 0.15) is 0 Å². The quantitative estimate of drug-likeness (QED) is 0.893. The third kappa shape index (κ3) is 3.56. The molecule has 1 aliphatic rings. The Kier molecular flexibility index (Phi) is 4.77. The molecule has 1 aromatic heterocycles. The summed E-state index contributed by atoms with van der Waals surface area (Å²) in [5.74, 6) is -0.485. The second-order valence-electron chi connectivity index (χ2n) is 4.98. The van der Waals surface area contributed by atoms with E-state index in [1.165, 1.54) is 21.8 Å². The van der Waals surface area contributed by atoms with Gasteiger partial charge in [-0.05, 0) is 32.1 Å². The zero-order valence-corrected chi connectivity index (χ0v) is 12.9. The van der Waals surface area contributed by atoms with Gasteiger partial charge in [0.05, 0.1) is 11.2 Å². The molecule has 0 aliphatic carbocycles. The molecule has 2 heterocycles. The Hall–Kier alpha value is -0.990. The number of carboxylic acids is 1. The number of aliphatic carboxylic acids is 1. The van der Waals surface area contributed by atoms with Gasteiger partial charge in [-0.25, -0.2) is 13.4 Å². The second kappa shape index (κ2) is 6.19. The van der Waals surface area contributed by atoms with E-state index in [-0.39, 0.29) is 6.42 Å². The molecule has 1 N–H and O–H groups in total. The van der Waals surface area contributed by atoms with Crippen LogP contribution in [0.4, 0.5) is 0 Å². The van der Waals surface area contributed by atoms with Crippen LogP contribution in [0, 0.1) is 12.8 Å². The van der Waals surface area contributed by atoms with Gasteiger partial charge in [-0.3, -0.25) is 4.79 Å². The number of aromatic nitrogens is 1. The highest BCUT2D eigenvalue weighted by Crippen LogP contribution is 2.28. The molecule has 0 radical (unpaired) electrons. The van der Waals surface area contributed by atoms with E-state index in [1.54, 1.807) is 6.92 Å². The first kappa shape index (κ1) is 15.4. The summed E-state index contributed by atoms with van der Waals surface area (Å²) in [4.78, 5) is 14.5. The summed E-state index contributed by atoms with van der Waals surface area (Å²) < 4.78 is 26.5. The van der Waals surface area contributed by atoms with Crippen LogP contribution in [-0.2, 0) is 14.8 Å². The average molecular weight is 318 g/mol. The van der Waals surface area contributed by atoms with Gasteiger partial charge in [0, 0.05) is 19.5 Å². The first-order valence-corrected chi connectivity index (χ1v) is 8.79. The molecule has 1 aromatic rings. The first-order chi connectivity index (χ1) is 9.39. The third-order valence-electron chi connectivity index (χ3n) is 3.53. The molecule has 8 heteroatoms. The van der Waals surface area contributed by atoms with E-state index in [0.717, 1.165) is 17.8 Å². The van der Waals surface area contributed by atoms with E-state index in [2.05, 4.69) is 4.98 Å². The van der Waals surface area contributed by atoms with E-state index < -0.39 is 16.0 Å². The Labute approximate surface area is 122 Å². The SMILES string of the molecule is Cc1ncc(S(=O)(=O)N2CCC(CCC(=O)O)CC2)s1. The van der Waals surface area contributed by atoms with Crippen LogP contribution in [0.3, 0.4) is 0 Å². The molecular formula is C12H18N2O4S2. The molecule has 0 amide bonds. The monoisotopic (exact) mass is 318 g/mol. The van der Waals surface area contributed by atoms with Crippen LogP contribution in [0.2, 0.25) is 0 Å². The van der Waals surface area contributed by atoms with Gasteiger partial charge in [-0.2, -0.15) is 4.31 Å². The Morgan fingerprint density at radius 2 is 2.15 bits per heavy atom. The van der Waals surface area contributed by atoms with Crippen LogP contribution in [0.5, 0.6) is 0 Å². The maximum absolute atomic E-state index is 12.4. The fourth-order valence-corrected chi connectivity index (χ4v) is 5.09. The zero-order valence-electron chi connectivity index (χ0n) is 11.3. The third-order valence-corrected chi connectivity index (χ3v) is 6.78. The summed E-state index contributed by atoms with van der Waals surface area (Å²) in [5.41, 5.74) is 0. The Bertz CT molecular complexity index is 574. The van der Waals surface area contributed by atoms with Crippen LogP contribution >= 0.6 is 11.3 Å². The molecule has 0 saturated carbocycles. The van der Waals surface area contributed by atoms with Crippen LogP contribution in [0.25, 0.3) is 0 Å². The summed E-state index contributed by atoms with van der Waals surface area (Å²) >= 11 is 1.18. The van der Waals surface area contributed by atoms with Gasteiger partial charge in [0.15, 0.2) is 4.21 Å². The first-order valence-electron chi connectivity index (χ1n) is 6.54. The Morgan fingerprint density at radius 3 is 2.65 bits per heavy atom. The highest BCUT2D eigenvalue weighted by atomic mass is 32.2. The highest BCUT2D eigenvalue weighted by molar-refractivity contribution is 7.91. The van der Waals surface area contributed by atoms with Gasteiger partial charge < -0.3 is 5.11 Å². The lowest BCUT2D eigenvalue weighted by Gasteiger charge is -2.30. The molecule has 0 bridgehead atoms. The number of piperidine rings is 1. The molecule has 6 nitrogen and oxygen atoms in total. The fourth-order valence-electron chi connectivity index (χ4n) is 2.35. The summed E-state index contributed by atoms with van der Waals surface area (Å²) in [7, 11) is -3.42. The molecular weight excluding hydrogens is 300 g/mol. The van der Waals surface area contributed by atoms with Gasteiger partial charge in [-0.1, -0.05) is 0 Å². The number of sulfonamides is 1. The maximum Gasteiger partial charge on any atom is 0.303 e. The molecule has 0 aromatic carbocycles. The summed E-state index contributed by atoms with van der Waals surface area (Å²) in [6.45, 7) is 2.70. The van der Waals surface area contributed by atoms with Crippen molar-refractivity contribution in [2.75, 3.05) is 13.1 Å². The lowest BCUT2D eigenvalue weighted by atomic mass is 9.93. The van der Waals surface area contributed by atoms with Crippen LogP contribution in [-0.4, -0.2) is 41.9 Å². The van der Waals surface area contributed by atoms with E-state index in [0.29, 0.717) is 29.6 Å². The van der Waals surface area contributed by atoms with Crippen molar-refractivity contribution in [2.24, 2.45) is 5.92 Å². The summed E-state index contributed by atoms with van der Waals surface area (Å²) in [6.07, 6.45) is 3.65. The van der Waals surface area contributed by atoms with Crippen molar-refractivity contribution in [3.8, 4) is 0 Å². The van der Waals surface area contributed by atoms with E-state index in [9.17, 15) is 13.2 Å². The van der Waals surface area contributed by atoms with Gasteiger partial charge in [0.25, 0.3) is 10.0 Å². The minimum Gasteiger partial charge on any atom is -0.481 e. The van der Waals surface area contributed by atoms with Crippen molar-refractivity contribution < 1.29 is 18.3 Å². The van der Waals surface area contributed by atoms with Crippen molar-refractivity contribution in [3.63, 3.8) is 0 Å². The van der Waals surface area contributed by atoms with Crippen LogP contribution in [0.15, 0.2) is 10.4 Å². The lowest BCUT2D eigenvalue weighted by Crippen LogP contribution is -2.38. The predicted molar refractivity (Wildman–Crippen MR) is 75.2 cm³/mol. The number of hydrogen-bond acceptors (Lipinski definition) is 5. The van der Waals surface area contributed by atoms with Gasteiger partial charge >= 0.3 is 5.97 Å². The van der Waals surface area contributed by atoms with Crippen molar-refractivity contribution in [2.45, 2.75) is 36.8 Å². The van der Waals surface area contributed by atoms with E-state index in [1.807, 2.05) is 0 Å². The smallest absolute Gasteiger partial charge is 0.303 e. The number of carbonyl (C=O) groups is 1. The number of nitrogens with zero attached hydrogens (tertiary/aromatic N) is 2. The Morgan fingerprint density at radius 1 is 1.50 bits per heavy atom. The van der Waals surface area contributed by atoms with Crippen LogP contribution < -0.4 is 0 Å². The van der Waals surface area contributed by atoms with Crippen molar-refractivity contribution >= 4 is 27.3 Å². The minimum atomic E-state index is -3.42. The topological polar surface area (TPSA) is 87.6 Å². The molecule has 1 aliphatic heterocycles. The normalized spacial score (nSPS) is 18.2. The molecule has 20 heavy (non-hydrogen) atoms. The van der Waals surface area contributed by atoms with E-state index >= 15 is 0 Å². The summed E-state index contributed by atoms with van der Waals surface area (Å²) in [6, 6.07) is 0. The van der Waals surface area contributed by atoms with Crippen LogP contribution in [0.1, 0.15) is 30.7 Å². The molecule has 1 saturated heterocycles. The largest absolute Gasteiger partial charge is 0.481 e. The van der Waals surface area contributed by atoms with E-state index in [4.69, 9.17) is 5.11 Å². The minimum absolute atomic E-state index is 0.158. The predicted octanol–water partition coefficient (Wildman–Crippen LogP) is 1.72. The number of thiazole rings is 1.